The fourth-order valence-electron chi connectivity index (χ4n) is 1.43. The number of aromatic nitrogens is 2. The van der Waals surface area contributed by atoms with Crippen LogP contribution in [0.1, 0.15) is 5.56 Å². The van der Waals surface area contributed by atoms with E-state index in [4.69, 9.17) is 41.3 Å². The topological polar surface area (TPSA) is 55.4 Å². The largest absolute Gasteiger partial charge is 0.331 e. The highest BCUT2D eigenvalue weighted by Crippen LogP contribution is 2.22. The van der Waals surface area contributed by atoms with Gasteiger partial charge in [0.1, 0.15) is 16.3 Å². The Morgan fingerprint density at radius 2 is 1.76 bits per heavy atom. The number of hydrogen-bond donors (Lipinski definition) is 2. The summed E-state index contributed by atoms with van der Waals surface area (Å²) in [6.45, 7) is 0. The lowest BCUT2D eigenvalue weighted by molar-refractivity contribution is 1.11. The Labute approximate surface area is 113 Å². The van der Waals surface area contributed by atoms with Gasteiger partial charge >= 0.3 is 0 Å². The Kier molecular flexibility index (Phi) is 3.38. The quantitative estimate of drug-likeness (QED) is 0.776. The van der Waals surface area contributed by atoms with E-state index >= 15 is 0 Å². The second-order valence-corrected chi connectivity index (χ2v) is 4.53. The number of nitrogens with zero attached hydrogens (tertiary/aromatic N) is 1. The van der Waals surface area contributed by atoms with E-state index in [9.17, 15) is 0 Å². The summed E-state index contributed by atoms with van der Waals surface area (Å²) >= 11 is 15.9. The molecule has 1 aromatic carbocycles. The Bertz CT molecular complexity index is 707. The average Bonchev–Trinajstić information content (AvgIpc) is 2.29. The molecule has 0 saturated carbocycles. The van der Waals surface area contributed by atoms with Gasteiger partial charge in [-0.3, -0.25) is 0 Å². The van der Waals surface area contributed by atoms with Crippen molar-refractivity contribution in [2.75, 3.05) is 0 Å². The molecule has 0 bridgehead atoms. The van der Waals surface area contributed by atoms with Crippen LogP contribution in [0, 0.1) is 20.7 Å². The Hall–Kier alpha value is -1.48. The summed E-state index contributed by atoms with van der Waals surface area (Å²) in [6, 6.07) is 9.16. The molecule has 1 heterocycles. The van der Waals surface area contributed by atoms with Crippen LogP contribution in [-0.4, -0.2) is 9.97 Å². The lowest BCUT2D eigenvalue weighted by Gasteiger charge is -2.04. The fourth-order valence-corrected chi connectivity index (χ4v) is 2.07. The van der Waals surface area contributed by atoms with E-state index in [0.717, 1.165) is 5.56 Å². The molecule has 0 amide bonds. The van der Waals surface area contributed by atoms with Crippen LogP contribution in [0.4, 0.5) is 0 Å². The van der Waals surface area contributed by atoms with Gasteiger partial charge in [-0.1, -0.05) is 36.0 Å². The Morgan fingerprint density at radius 3 is 2.35 bits per heavy atom. The van der Waals surface area contributed by atoms with E-state index in [1.54, 1.807) is 24.3 Å². The van der Waals surface area contributed by atoms with Gasteiger partial charge in [-0.2, -0.15) is 5.26 Å². The molecular weight excluding hydrogens is 274 g/mol. The summed E-state index contributed by atoms with van der Waals surface area (Å²) in [5.41, 5.74) is 1.80. The molecule has 0 fully saturated rings. The summed E-state index contributed by atoms with van der Waals surface area (Å²) in [4.78, 5) is 5.67. The Morgan fingerprint density at radius 1 is 1.12 bits per heavy atom. The molecule has 0 saturated heterocycles. The summed E-state index contributed by atoms with van der Waals surface area (Å²) < 4.78 is 0.722. The first-order valence-corrected chi connectivity index (χ1v) is 5.84. The molecule has 6 heteroatoms. The third-order valence-corrected chi connectivity index (χ3v) is 2.95. The highest BCUT2D eigenvalue weighted by Gasteiger charge is 2.07. The van der Waals surface area contributed by atoms with Crippen LogP contribution in [0.15, 0.2) is 24.3 Å². The highest BCUT2D eigenvalue weighted by atomic mass is 35.5. The van der Waals surface area contributed by atoms with Crippen LogP contribution in [0.2, 0.25) is 5.02 Å². The molecule has 0 atom stereocenters. The fraction of sp³-hybridized carbons (Fsp3) is 0. The van der Waals surface area contributed by atoms with Gasteiger partial charge in [-0.25, -0.2) is 0 Å². The van der Waals surface area contributed by atoms with Crippen LogP contribution < -0.4 is 0 Å². The monoisotopic (exact) mass is 279 g/mol. The van der Waals surface area contributed by atoms with Crippen LogP contribution in [0.5, 0.6) is 0 Å². The minimum atomic E-state index is 0.334. The Balaban J connectivity index is 2.75. The SMILES string of the molecule is N#Cc1c(-c2ccc(Cl)cc2)[nH]c(=S)[nH]c1=S. The number of benzene rings is 1. The van der Waals surface area contributed by atoms with Crippen molar-refractivity contribution in [1.82, 2.24) is 9.97 Å². The minimum absolute atomic E-state index is 0.334. The summed E-state index contributed by atoms with van der Waals surface area (Å²) in [7, 11) is 0. The van der Waals surface area contributed by atoms with Crippen molar-refractivity contribution in [3.05, 3.63) is 44.3 Å². The van der Waals surface area contributed by atoms with Gasteiger partial charge in [-0.15, -0.1) is 0 Å². The van der Waals surface area contributed by atoms with Crippen LogP contribution in [0.3, 0.4) is 0 Å². The van der Waals surface area contributed by atoms with Crippen molar-refractivity contribution in [3.8, 4) is 17.3 Å². The van der Waals surface area contributed by atoms with Gasteiger partial charge in [0.25, 0.3) is 0 Å². The van der Waals surface area contributed by atoms with Crippen molar-refractivity contribution in [3.63, 3.8) is 0 Å². The molecule has 2 aromatic rings. The van der Waals surface area contributed by atoms with Gasteiger partial charge in [0.05, 0.1) is 5.69 Å². The van der Waals surface area contributed by atoms with Crippen molar-refractivity contribution >= 4 is 36.0 Å². The summed E-state index contributed by atoms with van der Waals surface area (Å²) in [5, 5.41) is 9.72. The lowest BCUT2D eigenvalue weighted by atomic mass is 10.1. The number of H-pyrrole nitrogens is 2. The predicted molar refractivity (Wildman–Crippen MR) is 72.0 cm³/mol. The number of halogens is 1. The molecule has 0 aliphatic heterocycles. The number of aromatic amines is 2. The highest BCUT2D eigenvalue weighted by molar-refractivity contribution is 7.72. The van der Waals surface area contributed by atoms with E-state index < -0.39 is 0 Å². The number of rotatable bonds is 1. The van der Waals surface area contributed by atoms with Gasteiger partial charge in [0, 0.05) is 5.02 Å². The third kappa shape index (κ3) is 2.44. The first kappa shape index (κ1) is 12.0. The zero-order valence-corrected chi connectivity index (χ0v) is 10.8. The molecule has 3 nitrogen and oxygen atoms in total. The van der Waals surface area contributed by atoms with Crippen molar-refractivity contribution in [1.29, 1.82) is 5.26 Å². The standard InChI is InChI=1S/C11H6ClN3S2/c12-7-3-1-6(2-4-7)9-8(5-13)10(16)15-11(17)14-9/h1-4H,(H2,14,15,16,17). The van der Waals surface area contributed by atoms with Crippen molar-refractivity contribution in [2.45, 2.75) is 0 Å². The molecule has 84 valence electrons. The molecular formula is C11H6ClN3S2. The molecule has 0 aliphatic rings. The maximum absolute atomic E-state index is 9.09. The second-order valence-electron chi connectivity index (χ2n) is 3.28. The predicted octanol–water partition coefficient (Wildman–Crippen LogP) is 3.99. The van der Waals surface area contributed by atoms with E-state index in [1.807, 2.05) is 0 Å². The zero-order chi connectivity index (χ0) is 12.4. The smallest absolute Gasteiger partial charge is 0.175 e. The van der Waals surface area contributed by atoms with Crippen molar-refractivity contribution in [2.24, 2.45) is 0 Å². The normalized spacial score (nSPS) is 9.88. The second kappa shape index (κ2) is 4.80. The molecule has 0 radical (unpaired) electrons. The van der Waals surface area contributed by atoms with E-state index in [-0.39, 0.29) is 0 Å². The van der Waals surface area contributed by atoms with E-state index in [0.29, 0.717) is 25.7 Å². The molecule has 1 aromatic heterocycles. The van der Waals surface area contributed by atoms with Gasteiger partial charge < -0.3 is 9.97 Å². The molecule has 2 rings (SSSR count). The van der Waals surface area contributed by atoms with Gasteiger partial charge in [0.15, 0.2) is 4.77 Å². The van der Waals surface area contributed by atoms with Crippen molar-refractivity contribution < 1.29 is 0 Å². The number of nitriles is 1. The van der Waals surface area contributed by atoms with Gasteiger partial charge in [0.2, 0.25) is 0 Å². The zero-order valence-electron chi connectivity index (χ0n) is 8.45. The van der Waals surface area contributed by atoms with Crippen LogP contribution in [-0.2, 0) is 0 Å². The number of nitrogens with one attached hydrogen (secondary N) is 2. The van der Waals surface area contributed by atoms with Crippen LogP contribution >= 0.6 is 36.0 Å². The van der Waals surface area contributed by atoms with Gasteiger partial charge in [-0.05, 0) is 29.9 Å². The minimum Gasteiger partial charge on any atom is -0.331 e. The van der Waals surface area contributed by atoms with E-state index in [2.05, 4.69) is 16.0 Å². The summed E-state index contributed by atoms with van der Waals surface area (Å²) in [5.74, 6) is 0. The molecule has 0 unspecified atom stereocenters. The average molecular weight is 280 g/mol. The summed E-state index contributed by atoms with van der Waals surface area (Å²) in [6.07, 6.45) is 0. The number of hydrogen-bond acceptors (Lipinski definition) is 3. The molecule has 0 spiro atoms. The van der Waals surface area contributed by atoms with E-state index in [1.165, 1.54) is 0 Å². The lowest BCUT2D eigenvalue weighted by Crippen LogP contribution is -1.94. The first-order valence-electron chi connectivity index (χ1n) is 4.64. The third-order valence-electron chi connectivity index (χ3n) is 2.19. The first-order chi connectivity index (χ1) is 8.11. The van der Waals surface area contributed by atoms with Crippen LogP contribution in [0.25, 0.3) is 11.3 Å². The molecule has 2 N–H and O–H groups in total. The molecule has 0 aliphatic carbocycles. The maximum Gasteiger partial charge on any atom is 0.175 e. The maximum atomic E-state index is 9.09. The molecule has 17 heavy (non-hydrogen) atoms.